The van der Waals surface area contributed by atoms with Crippen molar-refractivity contribution in [3.05, 3.63) is 4.47 Å². The van der Waals surface area contributed by atoms with Gasteiger partial charge in [0.15, 0.2) is 0 Å². The molecule has 0 atom stereocenters. The third kappa shape index (κ3) is 2.92. The van der Waals surface area contributed by atoms with Crippen molar-refractivity contribution in [2.45, 2.75) is 77.8 Å². The summed E-state index contributed by atoms with van der Waals surface area (Å²) in [4.78, 5) is 0. The predicted molar refractivity (Wildman–Crippen MR) is 102 cm³/mol. The van der Waals surface area contributed by atoms with E-state index in [1.54, 1.807) is 4.68 Å². The number of halogens is 1. The Bertz CT molecular complexity index is 671. The van der Waals surface area contributed by atoms with E-state index >= 15 is 0 Å². The average molecular weight is 413 g/mol. The first-order valence-corrected chi connectivity index (χ1v) is 9.41. The molecule has 0 spiro atoms. The van der Waals surface area contributed by atoms with Crippen LogP contribution in [0.5, 0.6) is 0 Å². The van der Waals surface area contributed by atoms with Crippen molar-refractivity contribution >= 4 is 41.4 Å². The number of aromatic nitrogens is 2. The molecule has 2 aliphatic rings. The zero-order chi connectivity index (χ0) is 19.0. The van der Waals surface area contributed by atoms with Crippen molar-refractivity contribution in [1.82, 2.24) is 9.78 Å². The van der Waals surface area contributed by atoms with Gasteiger partial charge in [-0.15, -0.1) is 0 Å². The summed E-state index contributed by atoms with van der Waals surface area (Å²) in [5.41, 5.74) is -0.134. The molecule has 0 aliphatic carbocycles. The molecule has 0 N–H and O–H groups in total. The number of aryl methyl sites for hydroxylation is 1. The molecule has 1 aromatic rings. The van der Waals surface area contributed by atoms with Gasteiger partial charge >= 0.3 is 14.2 Å². The van der Waals surface area contributed by atoms with Gasteiger partial charge < -0.3 is 18.6 Å². The molecule has 2 fully saturated rings. The average Bonchev–Trinajstić information content (AvgIpc) is 2.89. The second-order valence-electron chi connectivity index (χ2n) is 8.88. The first-order valence-electron chi connectivity index (χ1n) is 8.62. The molecule has 2 saturated heterocycles. The molecular weight excluding hydrogens is 386 g/mol. The Morgan fingerprint density at radius 2 is 1.12 bits per heavy atom. The highest BCUT2D eigenvalue weighted by atomic mass is 79.9. The number of hydrogen-bond donors (Lipinski definition) is 0. The summed E-state index contributed by atoms with van der Waals surface area (Å²) in [6.45, 7) is 16.2. The van der Waals surface area contributed by atoms with Crippen LogP contribution >= 0.6 is 15.9 Å². The maximum absolute atomic E-state index is 6.17. The third-order valence-corrected chi connectivity index (χ3v) is 6.82. The van der Waals surface area contributed by atoms with Crippen LogP contribution in [-0.4, -0.2) is 46.4 Å². The Labute approximate surface area is 159 Å². The summed E-state index contributed by atoms with van der Waals surface area (Å²) in [5, 5.41) is 4.62. The lowest BCUT2D eigenvalue weighted by molar-refractivity contribution is 0.00578. The minimum Gasteiger partial charge on any atom is -0.398 e. The highest BCUT2D eigenvalue weighted by Crippen LogP contribution is 2.38. The summed E-state index contributed by atoms with van der Waals surface area (Å²) in [6.07, 6.45) is 0. The van der Waals surface area contributed by atoms with Crippen LogP contribution in [0.4, 0.5) is 0 Å². The third-order valence-electron chi connectivity index (χ3n) is 6.01. The highest BCUT2D eigenvalue weighted by molar-refractivity contribution is 9.10. The van der Waals surface area contributed by atoms with Gasteiger partial charge in [0.2, 0.25) is 0 Å². The first-order chi connectivity index (χ1) is 11.2. The van der Waals surface area contributed by atoms with Crippen molar-refractivity contribution < 1.29 is 18.6 Å². The molecule has 138 valence electrons. The largest absolute Gasteiger partial charge is 0.517 e. The topological polar surface area (TPSA) is 54.7 Å². The molecule has 0 bridgehead atoms. The Balaban J connectivity index is 1.94. The lowest BCUT2D eigenvalue weighted by Crippen LogP contribution is -2.41. The number of nitrogens with zero attached hydrogens (tertiary/aromatic N) is 2. The van der Waals surface area contributed by atoms with E-state index in [9.17, 15) is 0 Å². The van der Waals surface area contributed by atoms with Crippen molar-refractivity contribution in [2.75, 3.05) is 0 Å². The second-order valence-corrected chi connectivity index (χ2v) is 9.68. The van der Waals surface area contributed by atoms with Gasteiger partial charge in [0, 0.05) is 7.05 Å². The van der Waals surface area contributed by atoms with Crippen LogP contribution in [0.15, 0.2) is 4.47 Å². The maximum atomic E-state index is 6.17. The fourth-order valence-electron chi connectivity index (χ4n) is 2.85. The summed E-state index contributed by atoms with van der Waals surface area (Å²) in [7, 11) is 0.828. The van der Waals surface area contributed by atoms with Gasteiger partial charge in [0.25, 0.3) is 0 Å². The molecule has 6 nitrogen and oxygen atoms in total. The standard InChI is InChI=1S/C16H27B2BrN2O4/c1-13(2)14(3,4)23-17(22-13)11-10(19)12(21(9)20-11)18-24-15(5,6)16(7,8)25-18/h1-9H3. The van der Waals surface area contributed by atoms with Crippen LogP contribution in [0, 0.1) is 0 Å². The minimum absolute atomic E-state index is 0.411. The van der Waals surface area contributed by atoms with Gasteiger partial charge in [-0.1, -0.05) is 0 Å². The van der Waals surface area contributed by atoms with Crippen LogP contribution in [-0.2, 0) is 25.7 Å². The lowest BCUT2D eigenvalue weighted by Gasteiger charge is -2.32. The van der Waals surface area contributed by atoms with Crippen LogP contribution in [0.3, 0.4) is 0 Å². The summed E-state index contributed by atoms with van der Waals surface area (Å²) in [5.74, 6) is 0. The number of rotatable bonds is 2. The SMILES string of the molecule is Cn1nc(B2OC(C)(C)C(C)(C)O2)c(Br)c1B1OC(C)(C)C(C)(C)O1. The van der Waals surface area contributed by atoms with E-state index < -0.39 is 36.6 Å². The smallest absolute Gasteiger partial charge is 0.398 e. The van der Waals surface area contributed by atoms with Crippen LogP contribution < -0.4 is 11.2 Å². The monoisotopic (exact) mass is 412 g/mol. The van der Waals surface area contributed by atoms with Gasteiger partial charge in [-0.2, -0.15) is 5.10 Å². The number of hydrogen-bond acceptors (Lipinski definition) is 5. The van der Waals surface area contributed by atoms with E-state index in [-0.39, 0.29) is 0 Å². The van der Waals surface area contributed by atoms with E-state index in [4.69, 9.17) is 18.6 Å². The molecule has 0 radical (unpaired) electrons. The van der Waals surface area contributed by atoms with E-state index in [0.717, 1.165) is 10.1 Å². The van der Waals surface area contributed by atoms with E-state index in [1.165, 1.54) is 0 Å². The highest BCUT2D eigenvalue weighted by Gasteiger charge is 2.56. The molecule has 0 amide bonds. The van der Waals surface area contributed by atoms with Gasteiger partial charge in [0.05, 0.1) is 32.5 Å². The zero-order valence-corrected chi connectivity index (χ0v) is 18.1. The van der Waals surface area contributed by atoms with Gasteiger partial charge in [-0.25, -0.2) is 0 Å². The molecular formula is C16H27B2BrN2O4. The fraction of sp³-hybridized carbons (Fsp3) is 0.812. The van der Waals surface area contributed by atoms with E-state index in [1.807, 2.05) is 62.4 Å². The maximum Gasteiger partial charge on any atom is 0.517 e. The summed E-state index contributed by atoms with van der Waals surface area (Å²) in [6, 6.07) is 0. The van der Waals surface area contributed by atoms with Gasteiger partial charge in [-0.05, 0) is 71.3 Å². The molecule has 2 aliphatic heterocycles. The van der Waals surface area contributed by atoms with Gasteiger partial charge in [0.1, 0.15) is 5.59 Å². The van der Waals surface area contributed by atoms with Crippen molar-refractivity contribution in [3.8, 4) is 0 Å². The summed E-state index contributed by atoms with van der Waals surface area (Å²) < 4.78 is 27.2. The summed E-state index contributed by atoms with van der Waals surface area (Å²) >= 11 is 3.67. The molecule has 25 heavy (non-hydrogen) atoms. The fourth-order valence-corrected chi connectivity index (χ4v) is 3.56. The minimum atomic E-state index is -0.540. The van der Waals surface area contributed by atoms with Crippen LogP contribution in [0.2, 0.25) is 0 Å². The first kappa shape index (κ1) is 19.4. The molecule has 9 heteroatoms. The van der Waals surface area contributed by atoms with Crippen LogP contribution in [0.1, 0.15) is 55.4 Å². The molecule has 3 rings (SSSR count). The zero-order valence-electron chi connectivity index (χ0n) is 16.6. The Morgan fingerprint density at radius 1 is 0.760 bits per heavy atom. The van der Waals surface area contributed by atoms with Crippen molar-refractivity contribution in [3.63, 3.8) is 0 Å². The lowest BCUT2D eigenvalue weighted by atomic mass is 9.79. The Hall–Kier alpha value is -0.340. The predicted octanol–water partition coefficient (Wildman–Crippen LogP) is 1.78. The van der Waals surface area contributed by atoms with Gasteiger partial charge in [-0.3, -0.25) is 4.68 Å². The Kier molecular flexibility index (Phi) is 4.34. The molecule has 1 aromatic heterocycles. The quantitative estimate of drug-likeness (QED) is 0.693. The Morgan fingerprint density at radius 3 is 1.52 bits per heavy atom. The normalized spacial score (nSPS) is 26.5. The molecule has 3 heterocycles. The molecule has 0 unspecified atom stereocenters. The van der Waals surface area contributed by atoms with Crippen molar-refractivity contribution in [2.24, 2.45) is 7.05 Å². The van der Waals surface area contributed by atoms with E-state index in [2.05, 4.69) is 21.0 Å². The second kappa shape index (κ2) is 5.58. The molecule has 0 aromatic carbocycles. The molecule has 0 saturated carbocycles. The van der Waals surface area contributed by atoms with Crippen molar-refractivity contribution in [1.29, 1.82) is 0 Å². The van der Waals surface area contributed by atoms with E-state index in [0.29, 0.717) is 5.59 Å². The van der Waals surface area contributed by atoms with Crippen LogP contribution in [0.25, 0.3) is 0 Å².